The molecule has 0 spiro atoms. The zero-order valence-electron chi connectivity index (χ0n) is 45.8. The second-order valence-corrected chi connectivity index (χ2v) is 24.6. The van der Waals surface area contributed by atoms with Crippen molar-refractivity contribution in [3.05, 3.63) is 105 Å². The highest BCUT2D eigenvalue weighted by Gasteiger charge is 2.51. The van der Waals surface area contributed by atoms with E-state index >= 15 is 0 Å². The molecule has 5 heterocycles. The van der Waals surface area contributed by atoms with Crippen LogP contribution < -0.4 is 16.0 Å². The molecule has 436 valence electrons. The molecule has 4 atom stereocenters. The lowest BCUT2D eigenvalue weighted by Crippen LogP contribution is -2.66. The van der Waals surface area contributed by atoms with Gasteiger partial charge in [0.2, 0.25) is 35.4 Å². The molecule has 3 saturated heterocycles. The molecule has 2 unspecified atom stereocenters. The largest absolute Gasteiger partial charge is 0.399 e. The van der Waals surface area contributed by atoms with E-state index < -0.39 is 108 Å². The summed E-state index contributed by atoms with van der Waals surface area (Å²) in [5.74, 6) is 1.02. The number of hydrogen-bond donors (Lipinski definition) is 5. The first-order valence-corrected chi connectivity index (χ1v) is 29.8. The van der Waals surface area contributed by atoms with Gasteiger partial charge in [0.05, 0.1) is 35.7 Å². The van der Waals surface area contributed by atoms with Gasteiger partial charge in [-0.2, -0.15) is 8.78 Å². The molecule has 4 aromatic rings. The Labute approximate surface area is 476 Å². The number of benzene rings is 3. The number of hydrogen-bond acceptors (Lipinski definition) is 12. The van der Waals surface area contributed by atoms with Crippen molar-refractivity contribution in [1.29, 1.82) is 0 Å². The Bertz CT molecular complexity index is 3260. The van der Waals surface area contributed by atoms with Crippen molar-refractivity contribution in [2.75, 3.05) is 45.9 Å². The molecule has 9 amide bonds. The lowest BCUT2D eigenvalue weighted by Gasteiger charge is -2.45. The molecule has 5 N–H and O–H groups in total. The maximum Gasteiger partial charge on any atom is 0.399 e. The average molecular weight is 1170 g/mol. The summed E-state index contributed by atoms with van der Waals surface area (Å²) in [6, 6.07) is 15.0. The van der Waals surface area contributed by atoms with Crippen LogP contribution in [0.4, 0.5) is 8.78 Å². The summed E-state index contributed by atoms with van der Waals surface area (Å²) in [5.41, 5.74) is -4.76. The van der Waals surface area contributed by atoms with Crippen LogP contribution in [0, 0.1) is 17.3 Å². The summed E-state index contributed by atoms with van der Waals surface area (Å²) in [6.07, 6.45) is 5.81. The Hall–Kier alpha value is -7.22. The Morgan fingerprint density at radius 2 is 1.57 bits per heavy atom. The monoisotopic (exact) mass is 1170 g/mol. The van der Waals surface area contributed by atoms with E-state index in [4.69, 9.17) is 4.74 Å². The third kappa shape index (κ3) is 14.0. The number of unbranched alkanes of at least 4 members (excludes halogenated alkanes) is 7. The minimum absolute atomic E-state index is 0.0162. The Kier molecular flexibility index (Phi) is 19.2. The van der Waals surface area contributed by atoms with Crippen molar-refractivity contribution in [2.24, 2.45) is 5.41 Å². The molecule has 4 aliphatic rings. The van der Waals surface area contributed by atoms with Crippen LogP contribution in [0.15, 0.2) is 72.8 Å². The Morgan fingerprint density at radius 1 is 0.854 bits per heavy atom. The summed E-state index contributed by atoms with van der Waals surface area (Å²) in [6.45, 7) is 5.71. The van der Waals surface area contributed by atoms with Crippen LogP contribution in [0.25, 0.3) is 10.1 Å². The van der Waals surface area contributed by atoms with Gasteiger partial charge in [-0.1, -0.05) is 107 Å². The van der Waals surface area contributed by atoms with Gasteiger partial charge in [0.1, 0.15) is 30.7 Å². The molecule has 8 rings (SSSR count). The highest BCUT2D eigenvalue weighted by molar-refractivity contribution is 7.52. The smallest absolute Gasteiger partial charge is 0.370 e. The highest BCUT2D eigenvalue weighted by Crippen LogP contribution is 2.59. The van der Waals surface area contributed by atoms with E-state index in [1.165, 1.54) is 28.0 Å². The fourth-order valence-corrected chi connectivity index (χ4v) is 11.9. The van der Waals surface area contributed by atoms with E-state index in [-0.39, 0.29) is 73.6 Å². The van der Waals surface area contributed by atoms with Crippen LogP contribution in [0.1, 0.15) is 145 Å². The van der Waals surface area contributed by atoms with Gasteiger partial charge in [-0.25, -0.2) is 0 Å². The number of amides is 9. The zero-order chi connectivity index (χ0) is 59.1. The van der Waals surface area contributed by atoms with Crippen molar-refractivity contribution in [3.8, 4) is 11.8 Å². The first kappa shape index (κ1) is 60.9. The second kappa shape index (κ2) is 25.9. The van der Waals surface area contributed by atoms with Gasteiger partial charge in [0.15, 0.2) is 0 Å². The molecule has 0 radical (unpaired) electrons. The van der Waals surface area contributed by atoms with Crippen LogP contribution in [-0.4, -0.2) is 147 Å². The fourth-order valence-electron chi connectivity index (χ4n) is 10.5. The zero-order valence-corrected chi connectivity index (χ0v) is 47.5. The molecule has 4 aliphatic heterocycles. The Balaban J connectivity index is 0.815. The van der Waals surface area contributed by atoms with Crippen LogP contribution in [0.3, 0.4) is 0 Å². The number of nitrogens with zero attached hydrogens (tertiary/aromatic N) is 4. The van der Waals surface area contributed by atoms with Crippen molar-refractivity contribution in [3.63, 3.8) is 0 Å². The molecule has 1 aromatic heterocycles. The summed E-state index contributed by atoms with van der Waals surface area (Å²) < 4.78 is 47.2. The summed E-state index contributed by atoms with van der Waals surface area (Å²) in [7, 11) is -5.87. The molecule has 3 aromatic carbocycles. The van der Waals surface area contributed by atoms with E-state index in [1.54, 1.807) is 37.8 Å². The van der Waals surface area contributed by atoms with Crippen LogP contribution in [-0.2, 0) is 43.7 Å². The summed E-state index contributed by atoms with van der Waals surface area (Å²) in [4.78, 5) is 145. The molecule has 24 heteroatoms. The Morgan fingerprint density at radius 3 is 2.28 bits per heavy atom. The fraction of sp³-hybridized carbons (Fsp3) is 0.466. The number of carbonyl (C=O) groups excluding carboxylic acids is 9. The van der Waals surface area contributed by atoms with Crippen molar-refractivity contribution < 1.29 is 71.0 Å². The van der Waals surface area contributed by atoms with E-state index in [0.29, 0.717) is 29.6 Å². The van der Waals surface area contributed by atoms with Gasteiger partial charge in [-0.05, 0) is 66.0 Å². The van der Waals surface area contributed by atoms with Gasteiger partial charge >= 0.3 is 13.3 Å². The number of alkyl halides is 2. The number of morpholine rings is 1. The van der Waals surface area contributed by atoms with Crippen LogP contribution in [0.5, 0.6) is 0 Å². The lowest BCUT2D eigenvalue weighted by atomic mass is 9.85. The number of ether oxygens (including phenoxy) is 1. The lowest BCUT2D eigenvalue weighted by molar-refractivity contribution is -0.158. The number of imide groups is 2. The molecule has 0 aliphatic carbocycles. The maximum absolute atomic E-state index is 14.9. The van der Waals surface area contributed by atoms with Gasteiger partial charge in [0.25, 0.3) is 17.7 Å². The summed E-state index contributed by atoms with van der Waals surface area (Å²) in [5, 5.41) is 7.94. The van der Waals surface area contributed by atoms with Crippen molar-refractivity contribution >= 4 is 82.2 Å². The standard InChI is InChI=1S/C58H66F2N7O13PS/c1-57(2,3)50(63-52(72)45-32-38-31-39(22-24-44(38)82-45)58(59,60)81(77,78)79)56(76)66-28-27-64(34-42(66)54(74)65-29-30-80-43(35-65)36-17-13-11-14-18-36)48(70)33-47(69)61-26-15-10-8-6-4-5-7-9-12-19-37-20-16-21-40-49(37)55(75)67(53(40)73)41-23-25-46(68)62-51(41)71/h11,13-14,16-18,20-22,24,31-32,41-43,50H,4-10,15,23,25-30,33-35H2,1-3H3,(H,61,69)(H,63,72)(H,62,68,71)(H2,77,78,79)/t41?,42-,43-,50?/m0/s1. The van der Waals surface area contributed by atoms with E-state index in [0.717, 1.165) is 72.5 Å². The predicted octanol–water partition coefficient (Wildman–Crippen LogP) is 5.99. The quantitative estimate of drug-likeness (QED) is 0.0238. The first-order chi connectivity index (χ1) is 38.9. The predicted molar refractivity (Wildman–Crippen MR) is 297 cm³/mol. The van der Waals surface area contributed by atoms with Crippen molar-refractivity contribution in [2.45, 2.75) is 121 Å². The van der Waals surface area contributed by atoms with Gasteiger partial charge < -0.3 is 39.9 Å². The third-order valence-electron chi connectivity index (χ3n) is 15.0. The molecule has 0 saturated carbocycles. The molecule has 3 fully saturated rings. The minimum atomic E-state index is -5.87. The highest BCUT2D eigenvalue weighted by atomic mass is 32.1. The number of piperidine rings is 1. The van der Waals surface area contributed by atoms with Gasteiger partial charge in [-0.3, -0.25) is 57.9 Å². The molecular formula is C58H66F2N7O13PS. The molecule has 20 nitrogen and oxygen atoms in total. The molecular weight excluding hydrogens is 1100 g/mol. The van der Waals surface area contributed by atoms with E-state index in [1.807, 2.05) is 30.3 Å². The average Bonchev–Trinajstić information content (AvgIpc) is 3.90. The normalized spacial score (nSPS) is 19.1. The van der Waals surface area contributed by atoms with Crippen molar-refractivity contribution in [1.82, 2.24) is 35.6 Å². The second-order valence-electron chi connectivity index (χ2n) is 21.9. The minimum Gasteiger partial charge on any atom is -0.370 e. The number of halogens is 2. The summed E-state index contributed by atoms with van der Waals surface area (Å²) >= 11 is 0.927. The van der Waals surface area contributed by atoms with Gasteiger partial charge in [0, 0.05) is 54.8 Å². The first-order valence-electron chi connectivity index (χ1n) is 27.4. The maximum atomic E-state index is 14.9. The number of nitrogens with one attached hydrogen (secondary N) is 3. The van der Waals surface area contributed by atoms with Crippen LogP contribution in [0.2, 0.25) is 0 Å². The molecule has 0 bridgehead atoms. The molecule has 82 heavy (non-hydrogen) atoms. The van der Waals surface area contributed by atoms with E-state index in [2.05, 4.69) is 27.8 Å². The third-order valence-corrected chi connectivity index (χ3v) is 17.1. The SMILES string of the molecule is CC(C)(C)C(NC(=O)c1cc2cc(C(F)(F)P(=O)(O)O)ccc2s1)C(=O)N1CCN(C(=O)CC(=O)NCCCCCCCCCC#Cc2cccc3c2C(=O)N(C2CCC(=O)NC2=O)C3=O)C[C@H]1C(=O)N1CCO[C@H](c2ccccc2)C1. The topological polar surface area (TPSA) is 269 Å². The number of rotatable bonds is 19. The van der Waals surface area contributed by atoms with Crippen LogP contribution >= 0.6 is 18.9 Å². The van der Waals surface area contributed by atoms with Gasteiger partial charge in [-0.15, -0.1) is 11.3 Å². The number of fused-ring (bicyclic) bond motifs is 2. The number of carbonyl (C=O) groups is 9. The number of piperazine rings is 1. The van der Waals surface area contributed by atoms with E-state index in [9.17, 15) is 66.3 Å². The number of thiophene rings is 1.